The molecule has 0 bridgehead atoms. The van der Waals surface area contributed by atoms with Crippen LogP contribution in [0.1, 0.15) is 0 Å². The maximum absolute atomic E-state index is 13.3. The molecule has 1 heterocycles. The zero-order chi connectivity index (χ0) is 13.6. The van der Waals surface area contributed by atoms with E-state index in [0.29, 0.717) is 21.1 Å². The number of anilines is 1. The van der Waals surface area contributed by atoms with Crippen LogP contribution in [0.5, 0.6) is 0 Å². The van der Waals surface area contributed by atoms with Crippen LogP contribution >= 0.6 is 22.9 Å². The third-order valence-corrected chi connectivity index (χ3v) is 4.25. The number of benzene rings is 2. The van der Waals surface area contributed by atoms with Crippen molar-refractivity contribution in [3.05, 3.63) is 47.0 Å². The minimum atomic E-state index is -0.972. The molecular weight excluding hydrogens is 290 g/mol. The second kappa shape index (κ2) is 4.43. The molecule has 0 fully saturated rings. The number of nitrogens with zero attached hydrogens (tertiary/aromatic N) is 1. The Balaban J connectivity index is 2.25. The van der Waals surface area contributed by atoms with Crippen molar-refractivity contribution in [3.63, 3.8) is 0 Å². The smallest absolute Gasteiger partial charge is 0.160 e. The Bertz CT molecular complexity index is 786. The molecule has 0 saturated heterocycles. The van der Waals surface area contributed by atoms with Gasteiger partial charge in [0.05, 0.1) is 15.2 Å². The van der Waals surface area contributed by atoms with E-state index in [1.54, 1.807) is 18.2 Å². The number of hydrogen-bond acceptors (Lipinski definition) is 3. The predicted molar refractivity (Wildman–Crippen MR) is 74.4 cm³/mol. The highest BCUT2D eigenvalue weighted by molar-refractivity contribution is 7.22. The van der Waals surface area contributed by atoms with Crippen molar-refractivity contribution in [2.75, 3.05) is 5.73 Å². The van der Waals surface area contributed by atoms with Gasteiger partial charge in [-0.1, -0.05) is 17.7 Å². The molecule has 0 aliphatic carbocycles. The quantitative estimate of drug-likeness (QED) is 0.673. The van der Waals surface area contributed by atoms with Crippen molar-refractivity contribution in [2.45, 2.75) is 0 Å². The van der Waals surface area contributed by atoms with E-state index in [1.165, 1.54) is 11.3 Å². The van der Waals surface area contributed by atoms with Gasteiger partial charge < -0.3 is 5.73 Å². The standard InChI is InChI=1S/C13H7ClF2N2S/c14-7-2-1-3-11-12(7)19-13(18-11)6-4-8(15)9(16)5-10(6)17/h1-5H,17H2. The number of aromatic nitrogens is 1. The van der Waals surface area contributed by atoms with Crippen LogP contribution in [0.3, 0.4) is 0 Å². The largest absolute Gasteiger partial charge is 0.398 e. The van der Waals surface area contributed by atoms with Gasteiger partial charge >= 0.3 is 0 Å². The van der Waals surface area contributed by atoms with E-state index in [-0.39, 0.29) is 5.69 Å². The van der Waals surface area contributed by atoms with Gasteiger partial charge in [-0.15, -0.1) is 11.3 Å². The van der Waals surface area contributed by atoms with Crippen LogP contribution in [0, 0.1) is 11.6 Å². The number of nitrogens with two attached hydrogens (primary N) is 1. The first-order valence-corrected chi connectivity index (χ1v) is 6.55. The fourth-order valence-electron chi connectivity index (χ4n) is 1.78. The molecule has 3 rings (SSSR count). The fourth-order valence-corrected chi connectivity index (χ4v) is 3.07. The number of thiazole rings is 1. The van der Waals surface area contributed by atoms with Gasteiger partial charge in [0, 0.05) is 17.3 Å². The topological polar surface area (TPSA) is 38.9 Å². The molecule has 3 aromatic rings. The van der Waals surface area contributed by atoms with Gasteiger partial charge in [0.2, 0.25) is 0 Å². The predicted octanol–water partition coefficient (Wildman–Crippen LogP) is 4.48. The van der Waals surface area contributed by atoms with Crippen molar-refractivity contribution in [2.24, 2.45) is 0 Å². The summed E-state index contributed by atoms with van der Waals surface area (Å²) in [5, 5.41) is 1.09. The highest BCUT2D eigenvalue weighted by Crippen LogP contribution is 2.37. The van der Waals surface area contributed by atoms with E-state index >= 15 is 0 Å². The average molecular weight is 297 g/mol. The Kier molecular flexibility index (Phi) is 2.88. The second-order valence-electron chi connectivity index (χ2n) is 3.96. The van der Waals surface area contributed by atoms with E-state index in [4.69, 9.17) is 17.3 Å². The summed E-state index contributed by atoms with van der Waals surface area (Å²) in [6.45, 7) is 0. The Labute approximate surface area is 116 Å². The molecule has 2 nitrogen and oxygen atoms in total. The van der Waals surface area contributed by atoms with Crippen molar-refractivity contribution in [1.29, 1.82) is 0 Å². The zero-order valence-corrected chi connectivity index (χ0v) is 11.0. The third-order valence-electron chi connectivity index (χ3n) is 2.69. The molecule has 0 aliphatic heterocycles. The summed E-state index contributed by atoms with van der Waals surface area (Å²) < 4.78 is 27.1. The van der Waals surface area contributed by atoms with Gasteiger partial charge in [-0.2, -0.15) is 0 Å². The van der Waals surface area contributed by atoms with Gasteiger partial charge in [0.1, 0.15) is 5.01 Å². The van der Waals surface area contributed by atoms with Gasteiger partial charge in [0.15, 0.2) is 11.6 Å². The molecule has 96 valence electrons. The van der Waals surface area contributed by atoms with Crippen LogP contribution in [0.2, 0.25) is 5.02 Å². The van der Waals surface area contributed by atoms with E-state index in [0.717, 1.165) is 16.8 Å². The van der Waals surface area contributed by atoms with Crippen molar-refractivity contribution < 1.29 is 8.78 Å². The second-order valence-corrected chi connectivity index (χ2v) is 5.37. The van der Waals surface area contributed by atoms with Crippen LogP contribution in [0.4, 0.5) is 14.5 Å². The van der Waals surface area contributed by atoms with Crippen LogP contribution in [0.25, 0.3) is 20.8 Å². The first kappa shape index (κ1) is 12.3. The molecule has 0 radical (unpaired) electrons. The first-order valence-electron chi connectivity index (χ1n) is 5.36. The number of fused-ring (bicyclic) bond motifs is 1. The van der Waals surface area contributed by atoms with Gasteiger partial charge in [0.25, 0.3) is 0 Å². The minimum absolute atomic E-state index is 0.147. The summed E-state index contributed by atoms with van der Waals surface area (Å²) in [5.74, 6) is -1.92. The van der Waals surface area contributed by atoms with Crippen molar-refractivity contribution >= 4 is 38.8 Å². The van der Waals surface area contributed by atoms with Gasteiger partial charge in [-0.3, -0.25) is 0 Å². The summed E-state index contributed by atoms with van der Waals surface area (Å²) in [6.07, 6.45) is 0. The number of nitrogen functional groups attached to an aromatic ring is 1. The van der Waals surface area contributed by atoms with Crippen molar-refractivity contribution in [3.8, 4) is 10.6 Å². The summed E-state index contributed by atoms with van der Waals surface area (Å²) in [6, 6.07) is 7.34. The summed E-state index contributed by atoms with van der Waals surface area (Å²) in [7, 11) is 0. The van der Waals surface area contributed by atoms with Crippen LogP contribution in [-0.4, -0.2) is 4.98 Å². The maximum atomic E-state index is 13.3. The molecule has 0 unspecified atom stereocenters. The maximum Gasteiger partial charge on any atom is 0.160 e. The molecular formula is C13H7ClF2N2S. The fraction of sp³-hybridized carbons (Fsp3) is 0. The molecule has 6 heteroatoms. The molecule has 2 N–H and O–H groups in total. The number of halogens is 3. The highest BCUT2D eigenvalue weighted by atomic mass is 35.5. The van der Waals surface area contributed by atoms with Crippen molar-refractivity contribution in [1.82, 2.24) is 4.98 Å². The Morgan fingerprint density at radius 3 is 2.63 bits per heavy atom. The van der Waals surface area contributed by atoms with Gasteiger partial charge in [-0.25, -0.2) is 13.8 Å². The van der Waals surface area contributed by atoms with Gasteiger partial charge in [-0.05, 0) is 18.2 Å². The van der Waals surface area contributed by atoms with E-state index < -0.39 is 11.6 Å². The zero-order valence-electron chi connectivity index (χ0n) is 9.45. The Hall–Kier alpha value is -1.72. The lowest BCUT2D eigenvalue weighted by Gasteiger charge is -2.02. The Morgan fingerprint density at radius 1 is 1.16 bits per heavy atom. The number of rotatable bonds is 1. The lowest BCUT2D eigenvalue weighted by molar-refractivity contribution is 0.509. The lowest BCUT2D eigenvalue weighted by Crippen LogP contribution is -1.94. The highest BCUT2D eigenvalue weighted by Gasteiger charge is 2.14. The molecule has 1 aromatic heterocycles. The van der Waals surface area contributed by atoms with Crippen LogP contribution in [-0.2, 0) is 0 Å². The summed E-state index contributed by atoms with van der Waals surface area (Å²) >= 11 is 7.35. The molecule has 0 aliphatic rings. The summed E-state index contributed by atoms with van der Waals surface area (Å²) in [5.41, 5.74) is 6.93. The third kappa shape index (κ3) is 2.05. The van der Waals surface area contributed by atoms with Crippen LogP contribution in [0.15, 0.2) is 30.3 Å². The monoisotopic (exact) mass is 296 g/mol. The molecule has 0 spiro atoms. The van der Waals surface area contributed by atoms with E-state index in [2.05, 4.69) is 4.98 Å². The molecule has 0 amide bonds. The summed E-state index contributed by atoms with van der Waals surface area (Å²) in [4.78, 5) is 4.34. The molecule has 2 aromatic carbocycles. The Morgan fingerprint density at radius 2 is 1.89 bits per heavy atom. The molecule has 0 saturated carbocycles. The normalized spacial score (nSPS) is 11.1. The lowest BCUT2D eigenvalue weighted by atomic mass is 10.2. The average Bonchev–Trinajstić information content (AvgIpc) is 2.79. The van der Waals surface area contributed by atoms with Crippen LogP contribution < -0.4 is 5.73 Å². The SMILES string of the molecule is Nc1cc(F)c(F)cc1-c1nc2cccc(Cl)c2s1. The number of hydrogen-bond donors (Lipinski definition) is 1. The van der Waals surface area contributed by atoms with E-state index in [1.807, 2.05) is 0 Å². The van der Waals surface area contributed by atoms with E-state index in [9.17, 15) is 8.78 Å². The molecule has 0 atom stereocenters. The molecule has 19 heavy (non-hydrogen) atoms. The minimum Gasteiger partial charge on any atom is -0.398 e. The first-order chi connectivity index (χ1) is 9.06.